The molecule has 104 valence electrons. The Morgan fingerprint density at radius 2 is 1.83 bits per heavy atom. The molecule has 0 aliphatic heterocycles. The first-order valence-corrected chi connectivity index (χ1v) is 7.07. The molecule has 0 aliphatic rings. The van der Waals surface area contributed by atoms with Gasteiger partial charge in [-0.1, -0.05) is 0 Å². The molecule has 0 unspecified atom stereocenters. The van der Waals surface area contributed by atoms with Crippen molar-refractivity contribution in [3.05, 3.63) is 23.7 Å². The van der Waals surface area contributed by atoms with E-state index < -0.39 is 31.3 Å². The Hall–Kier alpha value is -0.780. The number of rotatable bonds is 6. The fourth-order valence-electron chi connectivity index (χ4n) is 1.41. The van der Waals surface area contributed by atoms with E-state index in [1.807, 2.05) is 0 Å². The fraction of sp³-hybridized carbons (Fsp3) is 0.600. The van der Waals surface area contributed by atoms with Gasteiger partial charge in [0, 0.05) is 0 Å². The van der Waals surface area contributed by atoms with Crippen LogP contribution in [0.5, 0.6) is 0 Å². The van der Waals surface area contributed by atoms with Gasteiger partial charge in [-0.15, -0.1) is 0 Å². The van der Waals surface area contributed by atoms with E-state index >= 15 is 0 Å². The molecule has 1 rings (SSSR count). The summed E-state index contributed by atoms with van der Waals surface area (Å²) in [6, 6.07) is 0.789. The minimum absolute atomic E-state index is 0.0827. The third-order valence-electron chi connectivity index (χ3n) is 2.04. The van der Waals surface area contributed by atoms with Crippen molar-refractivity contribution in [1.29, 1.82) is 0 Å². The molecule has 0 amide bonds. The number of alkyl halides is 3. The highest BCUT2D eigenvalue weighted by atomic mass is 31.2. The summed E-state index contributed by atoms with van der Waals surface area (Å²) in [4.78, 5) is 0. The summed E-state index contributed by atoms with van der Waals surface area (Å²) in [6.07, 6.45) is -4.18. The Morgan fingerprint density at radius 3 is 2.28 bits per heavy atom. The van der Waals surface area contributed by atoms with Crippen molar-refractivity contribution in [3.8, 4) is 0 Å². The van der Waals surface area contributed by atoms with E-state index in [9.17, 15) is 17.7 Å². The number of hydrogen-bond donors (Lipinski definition) is 0. The monoisotopic (exact) mass is 286 g/mol. The lowest BCUT2D eigenvalue weighted by Crippen LogP contribution is -2.08. The molecule has 0 saturated carbocycles. The highest BCUT2D eigenvalue weighted by Crippen LogP contribution is 2.52. The van der Waals surface area contributed by atoms with Gasteiger partial charge in [0.15, 0.2) is 0 Å². The van der Waals surface area contributed by atoms with Gasteiger partial charge in [0.25, 0.3) is 0 Å². The first-order chi connectivity index (χ1) is 8.32. The zero-order chi connectivity index (χ0) is 13.8. The van der Waals surface area contributed by atoms with E-state index in [1.54, 1.807) is 13.8 Å². The minimum atomic E-state index is -4.55. The number of furan rings is 1. The quantitative estimate of drug-likeness (QED) is 0.740. The van der Waals surface area contributed by atoms with Gasteiger partial charge < -0.3 is 13.5 Å². The standard InChI is InChI=1S/C10H14F3O4P/c1-3-16-18(14,17-4-2)7-9-8(5-6-15-9)10(11,12)13/h5-6H,3-4,7H2,1-2H3. The Labute approximate surface area is 103 Å². The average Bonchev–Trinajstić information content (AvgIpc) is 2.65. The first kappa shape index (κ1) is 15.3. The summed E-state index contributed by atoms with van der Waals surface area (Å²) in [5.74, 6) is -0.437. The van der Waals surface area contributed by atoms with Crippen LogP contribution in [0.4, 0.5) is 13.2 Å². The molecule has 1 aromatic rings. The predicted molar refractivity (Wildman–Crippen MR) is 58.3 cm³/mol. The molecule has 0 aromatic carbocycles. The van der Waals surface area contributed by atoms with Crippen LogP contribution in [0, 0.1) is 0 Å². The Morgan fingerprint density at radius 1 is 1.28 bits per heavy atom. The van der Waals surface area contributed by atoms with Crippen LogP contribution in [0.1, 0.15) is 25.2 Å². The van der Waals surface area contributed by atoms with E-state index in [0.717, 1.165) is 12.3 Å². The summed E-state index contributed by atoms with van der Waals surface area (Å²) in [5, 5.41) is 0. The van der Waals surface area contributed by atoms with Gasteiger partial charge in [-0.2, -0.15) is 13.2 Å². The van der Waals surface area contributed by atoms with Crippen molar-refractivity contribution in [2.45, 2.75) is 26.2 Å². The van der Waals surface area contributed by atoms with E-state index in [0.29, 0.717) is 0 Å². The van der Waals surface area contributed by atoms with Gasteiger partial charge in [0.1, 0.15) is 11.9 Å². The lowest BCUT2D eigenvalue weighted by molar-refractivity contribution is -0.138. The molecule has 8 heteroatoms. The van der Waals surface area contributed by atoms with Crippen LogP contribution in [-0.4, -0.2) is 13.2 Å². The van der Waals surface area contributed by atoms with E-state index in [2.05, 4.69) is 0 Å². The van der Waals surface area contributed by atoms with Crippen molar-refractivity contribution in [3.63, 3.8) is 0 Å². The largest absolute Gasteiger partial charge is 0.468 e. The molecule has 4 nitrogen and oxygen atoms in total. The molecule has 0 aliphatic carbocycles. The molecule has 0 spiro atoms. The molecule has 0 radical (unpaired) electrons. The summed E-state index contributed by atoms with van der Waals surface area (Å²) >= 11 is 0. The molecular formula is C10H14F3O4P. The van der Waals surface area contributed by atoms with Crippen molar-refractivity contribution in [2.24, 2.45) is 0 Å². The highest BCUT2D eigenvalue weighted by molar-refractivity contribution is 7.53. The summed E-state index contributed by atoms with van der Waals surface area (Å²) < 4.78 is 64.4. The van der Waals surface area contributed by atoms with Crippen molar-refractivity contribution < 1.29 is 31.2 Å². The Balaban J connectivity index is 2.95. The predicted octanol–water partition coefficient (Wildman–Crippen LogP) is 4.06. The number of halogens is 3. The zero-order valence-electron chi connectivity index (χ0n) is 9.99. The molecule has 1 heterocycles. The topological polar surface area (TPSA) is 48.7 Å². The SMILES string of the molecule is CCOP(=O)(Cc1occc1C(F)(F)F)OCC. The lowest BCUT2D eigenvalue weighted by Gasteiger charge is -2.16. The van der Waals surface area contributed by atoms with Crippen LogP contribution < -0.4 is 0 Å². The van der Waals surface area contributed by atoms with Crippen LogP contribution in [0.2, 0.25) is 0 Å². The van der Waals surface area contributed by atoms with Gasteiger partial charge in [-0.25, -0.2) is 0 Å². The molecular weight excluding hydrogens is 272 g/mol. The van der Waals surface area contributed by atoms with E-state index in [4.69, 9.17) is 13.5 Å². The van der Waals surface area contributed by atoms with Crippen LogP contribution in [0.15, 0.2) is 16.7 Å². The van der Waals surface area contributed by atoms with Gasteiger partial charge in [0.05, 0.1) is 25.0 Å². The lowest BCUT2D eigenvalue weighted by atomic mass is 10.2. The molecule has 0 N–H and O–H groups in total. The smallest absolute Gasteiger partial charge is 0.419 e. The van der Waals surface area contributed by atoms with Crippen molar-refractivity contribution in [1.82, 2.24) is 0 Å². The molecule has 1 aromatic heterocycles. The van der Waals surface area contributed by atoms with Crippen LogP contribution >= 0.6 is 7.60 Å². The zero-order valence-corrected chi connectivity index (χ0v) is 10.9. The average molecular weight is 286 g/mol. The van der Waals surface area contributed by atoms with Gasteiger partial charge >= 0.3 is 13.8 Å². The minimum Gasteiger partial charge on any atom is -0.468 e. The third kappa shape index (κ3) is 3.86. The maximum Gasteiger partial charge on any atom is 0.419 e. The Kier molecular flexibility index (Phi) is 5.01. The number of hydrogen-bond acceptors (Lipinski definition) is 4. The first-order valence-electron chi connectivity index (χ1n) is 5.34. The third-order valence-corrected chi connectivity index (χ3v) is 4.02. The second kappa shape index (κ2) is 5.91. The maximum absolute atomic E-state index is 12.6. The summed E-state index contributed by atoms with van der Waals surface area (Å²) in [6.45, 7) is 3.33. The van der Waals surface area contributed by atoms with Crippen LogP contribution in [-0.2, 0) is 26.0 Å². The van der Waals surface area contributed by atoms with E-state index in [1.165, 1.54) is 0 Å². The van der Waals surface area contributed by atoms with Gasteiger partial charge in [0.2, 0.25) is 0 Å². The summed E-state index contributed by atoms with van der Waals surface area (Å²) in [5.41, 5.74) is -0.956. The van der Waals surface area contributed by atoms with Crippen LogP contribution in [0.25, 0.3) is 0 Å². The van der Waals surface area contributed by atoms with Crippen LogP contribution in [0.3, 0.4) is 0 Å². The maximum atomic E-state index is 12.6. The molecule has 0 fully saturated rings. The normalized spacial score (nSPS) is 12.9. The van der Waals surface area contributed by atoms with E-state index in [-0.39, 0.29) is 13.2 Å². The Bertz CT molecular complexity index is 417. The highest BCUT2D eigenvalue weighted by Gasteiger charge is 2.38. The van der Waals surface area contributed by atoms with Crippen molar-refractivity contribution in [2.75, 3.05) is 13.2 Å². The second-order valence-corrected chi connectivity index (χ2v) is 5.41. The summed E-state index contributed by atoms with van der Waals surface area (Å²) in [7, 11) is -3.60. The van der Waals surface area contributed by atoms with Gasteiger partial charge in [-0.05, 0) is 19.9 Å². The molecule has 0 bridgehead atoms. The second-order valence-electron chi connectivity index (χ2n) is 3.36. The van der Waals surface area contributed by atoms with Crippen molar-refractivity contribution >= 4 is 7.60 Å². The molecule has 18 heavy (non-hydrogen) atoms. The fourth-order valence-corrected chi connectivity index (χ4v) is 3.05. The van der Waals surface area contributed by atoms with Gasteiger partial charge in [-0.3, -0.25) is 4.57 Å². The molecule has 0 atom stereocenters. The molecule has 0 saturated heterocycles.